The highest BCUT2D eigenvalue weighted by Gasteiger charge is 2.38. The van der Waals surface area contributed by atoms with E-state index >= 15 is 0 Å². The molecule has 2 unspecified atom stereocenters. The Bertz CT molecular complexity index is 521. The summed E-state index contributed by atoms with van der Waals surface area (Å²) in [6.45, 7) is 2.07. The largest absolute Gasteiger partial charge is 0.480 e. The van der Waals surface area contributed by atoms with Crippen molar-refractivity contribution >= 4 is 21.7 Å². The summed E-state index contributed by atoms with van der Waals surface area (Å²) in [7, 11) is -3.63. The maximum absolute atomic E-state index is 12.4. The Morgan fingerprint density at radius 2 is 1.82 bits per heavy atom. The first-order valence-corrected chi connectivity index (χ1v) is 9.27. The lowest BCUT2D eigenvalue weighted by molar-refractivity contribution is -0.142. The van der Waals surface area contributed by atoms with Crippen molar-refractivity contribution in [1.29, 1.82) is 0 Å². The molecule has 0 bridgehead atoms. The smallest absolute Gasteiger partial charge is 0.326 e. The molecule has 126 valence electrons. The normalized spacial score (nSPS) is 22.8. The molecule has 1 saturated carbocycles. The molecule has 7 nitrogen and oxygen atoms in total. The third-order valence-electron chi connectivity index (χ3n) is 4.38. The molecule has 0 aromatic carbocycles. The summed E-state index contributed by atoms with van der Waals surface area (Å²) in [5, 5.41) is 9.71. The fourth-order valence-electron chi connectivity index (χ4n) is 2.64. The van der Waals surface area contributed by atoms with Gasteiger partial charge in [-0.05, 0) is 32.1 Å². The Hall–Kier alpha value is -1.15. The third kappa shape index (κ3) is 4.19. The first-order chi connectivity index (χ1) is 10.3. The lowest BCUT2D eigenvalue weighted by atomic mass is 10.1. The number of carbonyl (C=O) groups excluding carboxylic acids is 1. The van der Waals surface area contributed by atoms with Crippen LogP contribution in [-0.2, 0) is 24.2 Å². The molecule has 8 heteroatoms. The summed E-state index contributed by atoms with van der Waals surface area (Å²) >= 11 is 0. The Labute approximate surface area is 130 Å². The van der Waals surface area contributed by atoms with E-state index in [1.807, 2.05) is 0 Å². The van der Waals surface area contributed by atoms with E-state index < -0.39 is 38.3 Å². The number of sulfone groups is 1. The highest BCUT2D eigenvalue weighted by molar-refractivity contribution is 7.93. The fraction of sp³-hybridized carbons (Fsp3) is 0.857. The van der Waals surface area contributed by atoms with E-state index in [0.29, 0.717) is 38.4 Å². The van der Waals surface area contributed by atoms with Crippen LogP contribution < -0.4 is 5.32 Å². The molecule has 22 heavy (non-hydrogen) atoms. The van der Waals surface area contributed by atoms with Gasteiger partial charge in [-0.2, -0.15) is 0 Å². The summed E-state index contributed by atoms with van der Waals surface area (Å²) in [5.74, 6) is -1.51. The zero-order valence-electron chi connectivity index (χ0n) is 12.7. The minimum atomic E-state index is -3.63. The number of nitrogens with one attached hydrogen (secondary N) is 1. The van der Waals surface area contributed by atoms with Crippen molar-refractivity contribution in [2.75, 3.05) is 13.2 Å². The van der Waals surface area contributed by atoms with Gasteiger partial charge in [-0.3, -0.25) is 4.79 Å². The van der Waals surface area contributed by atoms with Crippen molar-refractivity contribution < 1.29 is 27.9 Å². The van der Waals surface area contributed by atoms with Crippen LogP contribution in [0.3, 0.4) is 0 Å². The molecule has 1 heterocycles. The van der Waals surface area contributed by atoms with E-state index in [0.717, 1.165) is 12.8 Å². The van der Waals surface area contributed by atoms with Crippen molar-refractivity contribution in [2.24, 2.45) is 5.92 Å². The molecule has 2 atom stereocenters. The molecule has 2 aliphatic rings. The van der Waals surface area contributed by atoms with Gasteiger partial charge >= 0.3 is 5.97 Å². The van der Waals surface area contributed by atoms with E-state index in [-0.39, 0.29) is 0 Å². The maximum atomic E-state index is 12.4. The van der Waals surface area contributed by atoms with E-state index in [2.05, 4.69) is 5.32 Å². The predicted octanol–water partition coefficient (Wildman–Crippen LogP) is 0.338. The van der Waals surface area contributed by atoms with E-state index in [4.69, 9.17) is 9.84 Å². The quantitative estimate of drug-likeness (QED) is 0.695. The minimum Gasteiger partial charge on any atom is -0.480 e. The Balaban J connectivity index is 1.98. The Morgan fingerprint density at radius 1 is 1.23 bits per heavy atom. The summed E-state index contributed by atoms with van der Waals surface area (Å²) < 4.78 is 30.0. The van der Waals surface area contributed by atoms with Gasteiger partial charge in [0.25, 0.3) is 0 Å². The summed E-state index contributed by atoms with van der Waals surface area (Å²) in [5.41, 5.74) is 0. The lowest BCUT2D eigenvalue weighted by Crippen LogP contribution is -2.49. The summed E-state index contributed by atoms with van der Waals surface area (Å²) in [6.07, 6.45) is 3.06. The van der Waals surface area contributed by atoms with Gasteiger partial charge in [0.05, 0.1) is 5.25 Å². The van der Waals surface area contributed by atoms with Crippen LogP contribution in [-0.4, -0.2) is 55.2 Å². The number of ether oxygens (including phenoxy) is 1. The first kappa shape index (κ1) is 17.2. The molecule has 1 aliphatic heterocycles. The SMILES string of the molecule is CC(C(=O)NC(CC1CC1)C(=O)O)S(=O)(=O)C1CCOCC1. The second-order valence-electron chi connectivity index (χ2n) is 6.12. The summed E-state index contributed by atoms with van der Waals surface area (Å²) in [4.78, 5) is 23.4. The van der Waals surface area contributed by atoms with Gasteiger partial charge in [-0.25, -0.2) is 13.2 Å². The van der Waals surface area contributed by atoms with Gasteiger partial charge in [0.2, 0.25) is 5.91 Å². The van der Waals surface area contributed by atoms with Crippen LogP contribution in [0.5, 0.6) is 0 Å². The highest BCUT2D eigenvalue weighted by Crippen LogP contribution is 2.33. The molecular formula is C14H23NO6S. The molecule has 0 aromatic rings. The number of amides is 1. The Kier molecular flexibility index (Phi) is 5.44. The fourth-order valence-corrected chi connectivity index (χ4v) is 4.43. The minimum absolute atomic E-state index is 0.323. The van der Waals surface area contributed by atoms with E-state index in [1.165, 1.54) is 6.92 Å². The number of carbonyl (C=O) groups is 2. The van der Waals surface area contributed by atoms with Crippen LogP contribution in [0.15, 0.2) is 0 Å². The van der Waals surface area contributed by atoms with Crippen LogP contribution in [0.4, 0.5) is 0 Å². The van der Waals surface area contributed by atoms with E-state index in [9.17, 15) is 18.0 Å². The molecule has 2 N–H and O–H groups in total. The third-order valence-corrected chi connectivity index (χ3v) is 6.98. The lowest BCUT2D eigenvalue weighted by Gasteiger charge is -2.25. The predicted molar refractivity (Wildman–Crippen MR) is 79.1 cm³/mol. The van der Waals surface area contributed by atoms with Crippen molar-refractivity contribution in [3.63, 3.8) is 0 Å². The van der Waals surface area contributed by atoms with Crippen molar-refractivity contribution in [2.45, 2.75) is 55.6 Å². The molecule has 2 fully saturated rings. The van der Waals surface area contributed by atoms with Crippen molar-refractivity contribution in [1.82, 2.24) is 5.32 Å². The van der Waals surface area contributed by atoms with Gasteiger partial charge in [0.1, 0.15) is 11.3 Å². The van der Waals surface area contributed by atoms with Crippen molar-refractivity contribution in [3.8, 4) is 0 Å². The number of rotatable bonds is 7. The monoisotopic (exact) mass is 333 g/mol. The van der Waals surface area contributed by atoms with E-state index in [1.54, 1.807) is 0 Å². The zero-order valence-corrected chi connectivity index (χ0v) is 13.5. The van der Waals surface area contributed by atoms with Crippen LogP contribution in [0.2, 0.25) is 0 Å². The number of hydrogen-bond acceptors (Lipinski definition) is 5. The van der Waals surface area contributed by atoms with Gasteiger partial charge in [-0.1, -0.05) is 12.8 Å². The molecule has 0 radical (unpaired) electrons. The van der Waals surface area contributed by atoms with Gasteiger partial charge in [-0.15, -0.1) is 0 Å². The molecule has 0 aromatic heterocycles. The number of hydrogen-bond donors (Lipinski definition) is 2. The second kappa shape index (κ2) is 6.95. The standard InChI is InChI=1S/C14H23NO6S/c1-9(22(19,20)11-4-6-21-7-5-11)13(16)15-12(14(17)18)8-10-2-3-10/h9-12H,2-8H2,1H3,(H,15,16)(H,17,18). The molecule has 1 amide bonds. The molecule has 1 saturated heterocycles. The second-order valence-corrected chi connectivity index (χ2v) is 8.67. The van der Waals surface area contributed by atoms with Gasteiger partial charge in [0, 0.05) is 13.2 Å². The van der Waals surface area contributed by atoms with Gasteiger partial charge < -0.3 is 15.2 Å². The zero-order chi connectivity index (χ0) is 16.3. The molecule has 0 spiro atoms. The summed E-state index contributed by atoms with van der Waals surface area (Å²) in [6, 6.07) is -1.01. The highest BCUT2D eigenvalue weighted by atomic mass is 32.2. The average Bonchev–Trinajstić information content (AvgIpc) is 3.30. The number of carboxylic acid groups (broad SMARTS) is 1. The number of aliphatic carboxylic acids is 1. The molecular weight excluding hydrogens is 310 g/mol. The van der Waals surface area contributed by atoms with Gasteiger partial charge in [0.15, 0.2) is 9.84 Å². The van der Waals surface area contributed by atoms with Crippen LogP contribution in [0.25, 0.3) is 0 Å². The number of carboxylic acids is 1. The first-order valence-electron chi connectivity index (χ1n) is 7.66. The average molecular weight is 333 g/mol. The van der Waals surface area contributed by atoms with Crippen LogP contribution in [0.1, 0.15) is 39.0 Å². The Morgan fingerprint density at radius 3 is 2.32 bits per heavy atom. The van der Waals surface area contributed by atoms with Crippen molar-refractivity contribution in [3.05, 3.63) is 0 Å². The molecule has 1 aliphatic carbocycles. The van der Waals surface area contributed by atoms with Crippen LogP contribution in [0, 0.1) is 5.92 Å². The van der Waals surface area contributed by atoms with Crippen LogP contribution >= 0.6 is 0 Å². The molecule has 2 rings (SSSR count). The topological polar surface area (TPSA) is 110 Å². The maximum Gasteiger partial charge on any atom is 0.326 e.